The van der Waals surface area contributed by atoms with E-state index in [-0.39, 0.29) is 11.3 Å². The number of halogens is 3. The minimum Gasteiger partial charge on any atom is -0.338 e. The summed E-state index contributed by atoms with van der Waals surface area (Å²) in [6.07, 6.45) is 0.186. The van der Waals surface area contributed by atoms with E-state index >= 15 is 0 Å². The summed E-state index contributed by atoms with van der Waals surface area (Å²) in [6, 6.07) is 4.53. The molecule has 0 aliphatic carbocycles. The summed E-state index contributed by atoms with van der Waals surface area (Å²) in [4.78, 5) is 10.5. The molecule has 0 spiro atoms. The lowest BCUT2D eigenvalue weighted by Crippen LogP contribution is -2.45. The molecule has 0 radical (unpaired) electrons. The van der Waals surface area contributed by atoms with Crippen molar-refractivity contribution in [1.29, 1.82) is 0 Å². The monoisotopic (exact) mass is 343 g/mol. The zero-order valence-corrected chi connectivity index (χ0v) is 13.2. The molecule has 1 N–H and O–H groups in total. The molecule has 0 bridgehead atoms. The lowest BCUT2D eigenvalue weighted by atomic mass is 10.1. The molecular formula is C11H12Cl3NO3S. The smallest absolute Gasteiger partial charge is 0.225 e. The first kappa shape index (κ1) is 16.6. The molecule has 0 aliphatic heterocycles. The van der Waals surface area contributed by atoms with Crippen molar-refractivity contribution in [3.63, 3.8) is 0 Å². The third-order valence-corrected chi connectivity index (χ3v) is 5.70. The molecule has 0 heterocycles. The highest BCUT2D eigenvalue weighted by Gasteiger charge is 2.43. The van der Waals surface area contributed by atoms with Crippen LogP contribution in [0.3, 0.4) is 0 Å². The van der Waals surface area contributed by atoms with Gasteiger partial charge < -0.3 is 5.32 Å². The predicted octanol–water partition coefficient (Wildman–Crippen LogP) is 2.52. The van der Waals surface area contributed by atoms with Crippen LogP contribution >= 0.6 is 34.8 Å². The zero-order chi connectivity index (χ0) is 14.8. The van der Waals surface area contributed by atoms with E-state index in [0.29, 0.717) is 0 Å². The molecule has 8 heteroatoms. The number of hydrogen-bond donors (Lipinski definition) is 1. The number of benzene rings is 1. The minimum atomic E-state index is -4.00. The van der Waals surface area contributed by atoms with Gasteiger partial charge in [-0.05, 0) is 37.1 Å². The molecular weight excluding hydrogens is 333 g/mol. The summed E-state index contributed by atoms with van der Waals surface area (Å²) < 4.78 is 22.5. The molecule has 1 aromatic rings. The molecule has 1 rings (SSSR count). The fourth-order valence-electron chi connectivity index (χ4n) is 1.45. The summed E-state index contributed by atoms with van der Waals surface area (Å²) in [5.41, 5.74) is 1.72. The Morgan fingerprint density at radius 2 is 1.79 bits per heavy atom. The molecule has 0 aliphatic rings. The van der Waals surface area contributed by atoms with Crippen molar-refractivity contribution in [2.45, 2.75) is 27.9 Å². The van der Waals surface area contributed by atoms with Gasteiger partial charge in [0.1, 0.15) is 0 Å². The summed E-state index contributed by atoms with van der Waals surface area (Å²) in [5, 5.41) is 0.383. The van der Waals surface area contributed by atoms with Crippen LogP contribution in [0.15, 0.2) is 23.1 Å². The number of hydrogen-bond acceptors (Lipinski definition) is 3. The lowest BCUT2D eigenvalue weighted by molar-refractivity contribution is -0.109. The molecule has 1 aromatic carbocycles. The average Bonchev–Trinajstić information content (AvgIpc) is 2.27. The minimum absolute atomic E-state index is 0.0127. The first-order chi connectivity index (χ1) is 8.60. The summed E-state index contributed by atoms with van der Waals surface area (Å²) >= 11 is 16.8. The van der Waals surface area contributed by atoms with E-state index in [1.54, 1.807) is 13.0 Å². The Bertz CT molecular complexity index is 581. The molecule has 19 heavy (non-hydrogen) atoms. The SMILES string of the molecule is Cc1ccc(S(=O)(=O)[C@@H](NC=O)C(Cl)(Cl)Cl)cc1C. The van der Waals surface area contributed by atoms with Crippen LogP contribution in [0.5, 0.6) is 0 Å². The number of alkyl halides is 3. The van der Waals surface area contributed by atoms with Crippen LogP contribution in [0.4, 0.5) is 0 Å². The van der Waals surface area contributed by atoms with E-state index in [1.165, 1.54) is 12.1 Å². The average molecular weight is 345 g/mol. The zero-order valence-electron chi connectivity index (χ0n) is 10.2. The molecule has 1 atom stereocenters. The van der Waals surface area contributed by atoms with Gasteiger partial charge in [-0.15, -0.1) is 0 Å². The second kappa shape index (κ2) is 5.87. The Labute approximate surface area is 127 Å². The topological polar surface area (TPSA) is 63.2 Å². The number of sulfone groups is 1. The highest BCUT2D eigenvalue weighted by atomic mass is 35.6. The van der Waals surface area contributed by atoms with E-state index in [2.05, 4.69) is 0 Å². The first-order valence-electron chi connectivity index (χ1n) is 5.18. The van der Waals surface area contributed by atoms with Crippen molar-refractivity contribution in [2.24, 2.45) is 0 Å². The number of carbonyl (C=O) groups is 1. The molecule has 0 aromatic heterocycles. The molecule has 4 nitrogen and oxygen atoms in total. The van der Waals surface area contributed by atoms with Crippen molar-refractivity contribution < 1.29 is 13.2 Å². The van der Waals surface area contributed by atoms with Gasteiger partial charge >= 0.3 is 0 Å². The van der Waals surface area contributed by atoms with Gasteiger partial charge in [0.2, 0.25) is 20.0 Å². The van der Waals surface area contributed by atoms with Gasteiger partial charge in [0.05, 0.1) is 4.90 Å². The maximum Gasteiger partial charge on any atom is 0.225 e. The van der Waals surface area contributed by atoms with Gasteiger partial charge in [-0.3, -0.25) is 4.79 Å². The van der Waals surface area contributed by atoms with E-state index in [0.717, 1.165) is 11.1 Å². The van der Waals surface area contributed by atoms with Gasteiger partial charge in [-0.2, -0.15) is 0 Å². The standard InChI is InChI=1S/C11H12Cl3NO3S/c1-7-3-4-9(5-8(7)2)19(17,18)10(15-6-16)11(12,13)14/h3-6,10H,1-2H3,(H,15,16)/t10-/m1/s1. The molecule has 106 valence electrons. The normalized spacial score (nSPS) is 13.9. The van der Waals surface area contributed by atoms with E-state index in [1.807, 2.05) is 12.2 Å². The predicted molar refractivity (Wildman–Crippen MR) is 76.4 cm³/mol. The molecule has 1 amide bonds. The lowest BCUT2D eigenvalue weighted by Gasteiger charge is -2.23. The first-order valence-corrected chi connectivity index (χ1v) is 7.86. The van der Waals surface area contributed by atoms with E-state index in [9.17, 15) is 13.2 Å². The van der Waals surface area contributed by atoms with Crippen LogP contribution in [-0.2, 0) is 14.6 Å². The fourth-order valence-corrected chi connectivity index (χ4v) is 4.15. The molecule has 0 saturated heterocycles. The van der Waals surface area contributed by atoms with Gasteiger partial charge in [0.15, 0.2) is 5.37 Å². The molecule has 0 unspecified atom stereocenters. The molecule has 0 fully saturated rings. The van der Waals surface area contributed by atoms with Crippen molar-refractivity contribution >= 4 is 51.1 Å². The Hall–Kier alpha value is -0.490. The van der Waals surface area contributed by atoms with Crippen LogP contribution < -0.4 is 5.32 Å². The number of aryl methyl sites for hydroxylation is 2. The fraction of sp³-hybridized carbons (Fsp3) is 0.364. The van der Waals surface area contributed by atoms with E-state index < -0.39 is 19.0 Å². The van der Waals surface area contributed by atoms with Crippen LogP contribution in [0.25, 0.3) is 0 Å². The van der Waals surface area contributed by atoms with Crippen molar-refractivity contribution in [3.05, 3.63) is 29.3 Å². The van der Waals surface area contributed by atoms with Gasteiger partial charge in [-0.25, -0.2) is 8.42 Å². The maximum atomic E-state index is 12.4. The van der Waals surface area contributed by atoms with Crippen LogP contribution in [-0.4, -0.2) is 24.0 Å². The van der Waals surface area contributed by atoms with Crippen molar-refractivity contribution in [2.75, 3.05) is 0 Å². The third kappa shape index (κ3) is 3.75. The number of carbonyl (C=O) groups excluding carboxylic acids is 1. The Kier molecular flexibility index (Phi) is 5.12. The summed E-state index contributed by atoms with van der Waals surface area (Å²) in [7, 11) is -4.00. The third-order valence-electron chi connectivity index (χ3n) is 2.63. The largest absolute Gasteiger partial charge is 0.338 e. The second-order valence-electron chi connectivity index (χ2n) is 4.00. The van der Waals surface area contributed by atoms with Gasteiger partial charge in [0, 0.05) is 0 Å². The Morgan fingerprint density at radius 3 is 2.21 bits per heavy atom. The second-order valence-corrected chi connectivity index (χ2v) is 8.40. The summed E-state index contributed by atoms with van der Waals surface area (Å²) in [5.74, 6) is 0. The van der Waals surface area contributed by atoms with Crippen LogP contribution in [0.2, 0.25) is 0 Å². The number of rotatable bonds is 4. The van der Waals surface area contributed by atoms with Gasteiger partial charge in [-0.1, -0.05) is 40.9 Å². The maximum absolute atomic E-state index is 12.4. The highest BCUT2D eigenvalue weighted by molar-refractivity contribution is 7.92. The van der Waals surface area contributed by atoms with Crippen molar-refractivity contribution in [3.8, 4) is 0 Å². The number of amides is 1. The van der Waals surface area contributed by atoms with Crippen LogP contribution in [0, 0.1) is 13.8 Å². The number of nitrogens with one attached hydrogen (secondary N) is 1. The van der Waals surface area contributed by atoms with Crippen molar-refractivity contribution in [1.82, 2.24) is 5.32 Å². The quantitative estimate of drug-likeness (QED) is 0.674. The Balaban J connectivity index is 3.34. The Morgan fingerprint density at radius 1 is 1.21 bits per heavy atom. The highest BCUT2D eigenvalue weighted by Crippen LogP contribution is 2.35. The summed E-state index contributed by atoms with van der Waals surface area (Å²) in [6.45, 7) is 3.62. The van der Waals surface area contributed by atoms with Gasteiger partial charge in [0.25, 0.3) is 0 Å². The van der Waals surface area contributed by atoms with Crippen LogP contribution in [0.1, 0.15) is 11.1 Å². The molecule has 0 saturated carbocycles. The van der Waals surface area contributed by atoms with E-state index in [4.69, 9.17) is 34.8 Å².